The fourth-order valence-corrected chi connectivity index (χ4v) is 2.98. The Kier molecular flexibility index (Phi) is 2.20. The van der Waals surface area contributed by atoms with Crippen LogP contribution in [0, 0.1) is 24.7 Å². The van der Waals surface area contributed by atoms with Crippen molar-refractivity contribution in [1.29, 1.82) is 0 Å². The number of amides is 1. The summed E-state index contributed by atoms with van der Waals surface area (Å²) in [5.41, 5.74) is 1.79. The highest BCUT2D eigenvalue weighted by molar-refractivity contribution is 5.94. The van der Waals surface area contributed by atoms with E-state index in [0.29, 0.717) is 11.8 Å². The zero-order valence-corrected chi connectivity index (χ0v) is 9.44. The highest BCUT2D eigenvalue weighted by Gasteiger charge is 2.56. The van der Waals surface area contributed by atoms with Crippen LogP contribution in [0.4, 0.5) is 5.69 Å². The van der Waals surface area contributed by atoms with Crippen molar-refractivity contribution in [2.75, 3.05) is 5.32 Å². The van der Waals surface area contributed by atoms with E-state index >= 15 is 0 Å². The lowest BCUT2D eigenvalue weighted by Crippen LogP contribution is -2.16. The van der Waals surface area contributed by atoms with Crippen molar-refractivity contribution in [3.63, 3.8) is 0 Å². The Labute approximate surface area is 95.3 Å². The van der Waals surface area contributed by atoms with Crippen molar-refractivity contribution in [1.82, 2.24) is 4.98 Å². The standard InChI is InChI=1S/C13H16N2O/c1-8-5-6-9(7-14-8)15-13(16)12-10-3-2-4-11(10)12/h5-7,10-12H,2-4H2,1H3,(H,15,16). The third kappa shape index (κ3) is 1.60. The first-order valence-corrected chi connectivity index (χ1v) is 5.99. The van der Waals surface area contributed by atoms with Crippen molar-refractivity contribution in [3.05, 3.63) is 24.0 Å². The summed E-state index contributed by atoms with van der Waals surface area (Å²) in [4.78, 5) is 16.1. The van der Waals surface area contributed by atoms with E-state index in [9.17, 15) is 4.79 Å². The summed E-state index contributed by atoms with van der Waals surface area (Å²) in [7, 11) is 0. The predicted molar refractivity (Wildman–Crippen MR) is 61.9 cm³/mol. The lowest BCUT2D eigenvalue weighted by atomic mass is 10.1. The normalized spacial score (nSPS) is 30.9. The molecule has 16 heavy (non-hydrogen) atoms. The number of aromatic nitrogens is 1. The number of aryl methyl sites for hydroxylation is 1. The van der Waals surface area contributed by atoms with Crippen molar-refractivity contribution in [2.45, 2.75) is 26.2 Å². The molecule has 0 saturated heterocycles. The van der Waals surface area contributed by atoms with Gasteiger partial charge in [-0.1, -0.05) is 6.42 Å². The topological polar surface area (TPSA) is 42.0 Å². The quantitative estimate of drug-likeness (QED) is 0.824. The molecule has 0 aliphatic heterocycles. The van der Waals surface area contributed by atoms with Gasteiger partial charge >= 0.3 is 0 Å². The lowest BCUT2D eigenvalue weighted by Gasteiger charge is -2.06. The molecule has 1 heterocycles. The molecule has 2 atom stereocenters. The van der Waals surface area contributed by atoms with E-state index < -0.39 is 0 Å². The second kappa shape index (κ2) is 3.58. The minimum atomic E-state index is 0.195. The van der Waals surface area contributed by atoms with E-state index in [-0.39, 0.29) is 11.8 Å². The molecule has 2 saturated carbocycles. The van der Waals surface area contributed by atoms with E-state index in [2.05, 4.69) is 10.3 Å². The molecule has 3 rings (SSSR count). The summed E-state index contributed by atoms with van der Waals surface area (Å²) >= 11 is 0. The fraction of sp³-hybridized carbons (Fsp3) is 0.538. The summed E-state index contributed by atoms with van der Waals surface area (Å²) in [5.74, 6) is 1.84. The van der Waals surface area contributed by atoms with Gasteiger partial charge < -0.3 is 5.32 Å². The molecule has 0 radical (unpaired) electrons. The van der Waals surface area contributed by atoms with Gasteiger partial charge in [0.2, 0.25) is 5.91 Å². The number of carbonyl (C=O) groups excluding carboxylic acids is 1. The molecule has 2 fully saturated rings. The highest BCUT2D eigenvalue weighted by Crippen LogP contribution is 2.57. The molecule has 3 heteroatoms. The summed E-state index contributed by atoms with van der Waals surface area (Å²) in [5, 5.41) is 2.96. The number of anilines is 1. The zero-order chi connectivity index (χ0) is 11.1. The summed E-state index contributed by atoms with van der Waals surface area (Å²) in [6, 6.07) is 3.84. The van der Waals surface area contributed by atoms with Gasteiger partial charge in [-0.05, 0) is 43.7 Å². The Balaban J connectivity index is 1.63. The van der Waals surface area contributed by atoms with Crippen LogP contribution in [0.1, 0.15) is 25.0 Å². The molecular formula is C13H16N2O. The van der Waals surface area contributed by atoms with Gasteiger partial charge in [-0.3, -0.25) is 9.78 Å². The van der Waals surface area contributed by atoms with Crippen LogP contribution in [0.5, 0.6) is 0 Å². The second-order valence-electron chi connectivity index (χ2n) is 4.96. The molecule has 1 N–H and O–H groups in total. The maximum atomic E-state index is 11.9. The molecule has 2 unspecified atom stereocenters. The van der Waals surface area contributed by atoms with E-state index in [1.54, 1.807) is 6.20 Å². The Morgan fingerprint density at radius 3 is 2.75 bits per heavy atom. The van der Waals surface area contributed by atoms with Crippen LogP contribution >= 0.6 is 0 Å². The molecule has 0 spiro atoms. The number of pyridine rings is 1. The van der Waals surface area contributed by atoms with Crippen molar-refractivity contribution < 1.29 is 4.79 Å². The molecule has 2 aliphatic rings. The van der Waals surface area contributed by atoms with E-state index in [0.717, 1.165) is 11.4 Å². The third-order valence-electron chi connectivity index (χ3n) is 3.89. The number of hydrogen-bond donors (Lipinski definition) is 1. The van der Waals surface area contributed by atoms with Crippen LogP contribution < -0.4 is 5.32 Å². The Hall–Kier alpha value is -1.38. The van der Waals surface area contributed by atoms with Gasteiger partial charge in [-0.15, -0.1) is 0 Å². The minimum absolute atomic E-state index is 0.195. The number of nitrogens with zero attached hydrogens (tertiary/aromatic N) is 1. The van der Waals surface area contributed by atoms with Gasteiger partial charge in [0, 0.05) is 11.6 Å². The molecule has 1 aromatic heterocycles. The number of hydrogen-bond acceptors (Lipinski definition) is 2. The van der Waals surface area contributed by atoms with Crippen molar-refractivity contribution in [2.24, 2.45) is 17.8 Å². The van der Waals surface area contributed by atoms with Gasteiger partial charge in [0.15, 0.2) is 0 Å². The van der Waals surface area contributed by atoms with Gasteiger partial charge in [0.05, 0.1) is 11.9 Å². The number of carbonyl (C=O) groups is 1. The molecule has 1 aromatic rings. The molecule has 0 bridgehead atoms. The lowest BCUT2D eigenvalue weighted by molar-refractivity contribution is -0.118. The monoisotopic (exact) mass is 216 g/mol. The van der Waals surface area contributed by atoms with E-state index in [1.807, 2.05) is 19.1 Å². The highest BCUT2D eigenvalue weighted by atomic mass is 16.2. The van der Waals surface area contributed by atoms with Gasteiger partial charge in [0.25, 0.3) is 0 Å². The van der Waals surface area contributed by atoms with E-state index in [1.165, 1.54) is 19.3 Å². The first kappa shape index (κ1) is 9.82. The maximum absolute atomic E-state index is 11.9. The number of rotatable bonds is 2. The number of nitrogens with one attached hydrogen (secondary N) is 1. The zero-order valence-electron chi connectivity index (χ0n) is 9.44. The molecular weight excluding hydrogens is 200 g/mol. The van der Waals surface area contributed by atoms with Crippen LogP contribution in [-0.2, 0) is 4.79 Å². The Morgan fingerprint density at radius 1 is 1.38 bits per heavy atom. The first-order valence-electron chi connectivity index (χ1n) is 5.99. The van der Waals surface area contributed by atoms with Crippen molar-refractivity contribution in [3.8, 4) is 0 Å². The Morgan fingerprint density at radius 2 is 2.12 bits per heavy atom. The fourth-order valence-electron chi connectivity index (χ4n) is 2.98. The van der Waals surface area contributed by atoms with Crippen LogP contribution in [0.25, 0.3) is 0 Å². The summed E-state index contributed by atoms with van der Waals surface area (Å²) < 4.78 is 0. The average molecular weight is 216 g/mol. The maximum Gasteiger partial charge on any atom is 0.228 e. The minimum Gasteiger partial charge on any atom is -0.324 e. The SMILES string of the molecule is Cc1ccc(NC(=O)C2C3CCCC32)cn1. The first-order chi connectivity index (χ1) is 7.75. The number of fused-ring (bicyclic) bond motifs is 1. The van der Waals surface area contributed by atoms with Crippen LogP contribution in [0.2, 0.25) is 0 Å². The predicted octanol–water partition coefficient (Wildman–Crippen LogP) is 2.37. The van der Waals surface area contributed by atoms with Crippen molar-refractivity contribution >= 4 is 11.6 Å². The molecule has 3 nitrogen and oxygen atoms in total. The molecule has 2 aliphatic carbocycles. The van der Waals surface area contributed by atoms with Crippen LogP contribution in [0.15, 0.2) is 18.3 Å². The van der Waals surface area contributed by atoms with Crippen LogP contribution in [0.3, 0.4) is 0 Å². The molecule has 1 amide bonds. The largest absolute Gasteiger partial charge is 0.324 e. The summed E-state index contributed by atoms with van der Waals surface area (Å²) in [6.07, 6.45) is 5.53. The average Bonchev–Trinajstić information content (AvgIpc) is 2.76. The van der Waals surface area contributed by atoms with E-state index in [4.69, 9.17) is 0 Å². The van der Waals surface area contributed by atoms with Gasteiger partial charge in [0.1, 0.15) is 0 Å². The smallest absolute Gasteiger partial charge is 0.228 e. The summed E-state index contributed by atoms with van der Waals surface area (Å²) in [6.45, 7) is 1.94. The van der Waals surface area contributed by atoms with Gasteiger partial charge in [-0.25, -0.2) is 0 Å². The van der Waals surface area contributed by atoms with Gasteiger partial charge in [-0.2, -0.15) is 0 Å². The molecule has 84 valence electrons. The molecule has 0 aromatic carbocycles. The third-order valence-corrected chi connectivity index (χ3v) is 3.89. The van der Waals surface area contributed by atoms with Crippen LogP contribution in [-0.4, -0.2) is 10.9 Å². The Bertz CT molecular complexity index is 402. The second-order valence-corrected chi connectivity index (χ2v) is 4.96.